The van der Waals surface area contributed by atoms with Gasteiger partial charge in [-0.1, -0.05) is 19.9 Å². The summed E-state index contributed by atoms with van der Waals surface area (Å²) in [4.78, 5) is 30.1. The van der Waals surface area contributed by atoms with Crippen LogP contribution in [-0.2, 0) is 11.2 Å². The molecule has 1 saturated heterocycles. The van der Waals surface area contributed by atoms with Gasteiger partial charge >= 0.3 is 0 Å². The van der Waals surface area contributed by atoms with Gasteiger partial charge in [0.15, 0.2) is 0 Å². The number of anilines is 2. The smallest absolute Gasteiger partial charge is 0.253 e. The molecule has 2 atom stereocenters. The van der Waals surface area contributed by atoms with Crippen LogP contribution in [0.2, 0.25) is 0 Å². The number of carbonyl (C=O) groups excluding carboxylic acids is 2. The van der Waals surface area contributed by atoms with Crippen molar-refractivity contribution < 1.29 is 14.3 Å². The van der Waals surface area contributed by atoms with Gasteiger partial charge in [0.1, 0.15) is 5.75 Å². The van der Waals surface area contributed by atoms with Crippen molar-refractivity contribution in [2.45, 2.75) is 40.0 Å². The third-order valence-electron chi connectivity index (χ3n) is 6.78. The van der Waals surface area contributed by atoms with Crippen molar-refractivity contribution in [2.24, 2.45) is 11.8 Å². The summed E-state index contributed by atoms with van der Waals surface area (Å²) >= 11 is 0. The van der Waals surface area contributed by atoms with E-state index >= 15 is 0 Å². The second kappa shape index (κ2) is 9.86. The summed E-state index contributed by atoms with van der Waals surface area (Å²) in [6.45, 7) is 8.91. The predicted octanol–water partition coefficient (Wildman–Crippen LogP) is 4.51. The number of hydrogen-bond acceptors (Lipinski definition) is 4. The summed E-state index contributed by atoms with van der Waals surface area (Å²) in [6, 6.07) is 11.6. The largest absolute Gasteiger partial charge is 0.497 e. The van der Waals surface area contributed by atoms with E-state index < -0.39 is 0 Å². The lowest BCUT2D eigenvalue weighted by Gasteiger charge is -2.35. The van der Waals surface area contributed by atoms with E-state index in [1.807, 2.05) is 53.1 Å². The Kier molecular flexibility index (Phi) is 6.91. The number of piperidine rings is 1. The number of amides is 2. The molecule has 0 aromatic heterocycles. The van der Waals surface area contributed by atoms with Crippen molar-refractivity contribution in [2.75, 3.05) is 43.5 Å². The molecule has 1 fully saturated rings. The molecule has 2 aromatic rings. The lowest BCUT2D eigenvalue weighted by atomic mass is 9.91. The van der Waals surface area contributed by atoms with Crippen molar-refractivity contribution in [3.8, 4) is 5.75 Å². The highest BCUT2D eigenvalue weighted by Gasteiger charge is 2.27. The average molecular weight is 450 g/mol. The number of nitrogens with one attached hydrogen (secondary N) is 1. The maximum Gasteiger partial charge on any atom is 0.253 e. The molecule has 1 N–H and O–H groups in total. The van der Waals surface area contributed by atoms with Gasteiger partial charge in [0, 0.05) is 36.6 Å². The predicted molar refractivity (Wildman–Crippen MR) is 132 cm³/mol. The summed E-state index contributed by atoms with van der Waals surface area (Å²) < 4.78 is 5.33. The molecule has 0 saturated carbocycles. The molecular formula is C27H35N3O3. The minimum Gasteiger partial charge on any atom is -0.497 e. The Morgan fingerprint density at radius 3 is 2.58 bits per heavy atom. The van der Waals surface area contributed by atoms with E-state index in [4.69, 9.17) is 4.74 Å². The average Bonchev–Trinajstić information content (AvgIpc) is 2.81. The van der Waals surface area contributed by atoms with Gasteiger partial charge in [-0.3, -0.25) is 9.59 Å². The lowest BCUT2D eigenvalue weighted by molar-refractivity contribution is -0.117. The molecule has 2 aromatic carbocycles. The highest BCUT2D eigenvalue weighted by atomic mass is 16.5. The number of hydrogen-bond donors (Lipinski definition) is 1. The Morgan fingerprint density at radius 2 is 1.85 bits per heavy atom. The summed E-state index contributed by atoms with van der Waals surface area (Å²) in [7, 11) is 1.66. The first-order valence-corrected chi connectivity index (χ1v) is 12.0. The number of nitrogens with zero attached hydrogens (tertiary/aromatic N) is 2. The van der Waals surface area contributed by atoms with Crippen molar-refractivity contribution in [3.63, 3.8) is 0 Å². The third-order valence-corrected chi connectivity index (χ3v) is 6.78. The van der Waals surface area contributed by atoms with Crippen LogP contribution >= 0.6 is 0 Å². The lowest BCUT2D eigenvalue weighted by Crippen LogP contribution is -2.42. The Bertz CT molecular complexity index is 1030. The van der Waals surface area contributed by atoms with Crippen molar-refractivity contribution >= 4 is 23.2 Å². The highest BCUT2D eigenvalue weighted by molar-refractivity contribution is 5.98. The van der Waals surface area contributed by atoms with Gasteiger partial charge in [-0.15, -0.1) is 0 Å². The van der Waals surface area contributed by atoms with E-state index in [1.54, 1.807) is 7.11 Å². The number of ether oxygens (including phenoxy) is 1. The monoisotopic (exact) mass is 449 g/mol. The Balaban J connectivity index is 1.45. The fourth-order valence-corrected chi connectivity index (χ4v) is 5.18. The first-order valence-electron chi connectivity index (χ1n) is 12.0. The first-order chi connectivity index (χ1) is 15.9. The maximum absolute atomic E-state index is 13.1. The normalized spacial score (nSPS) is 20.2. The molecule has 2 heterocycles. The van der Waals surface area contributed by atoms with Crippen LogP contribution < -0.4 is 15.0 Å². The number of benzene rings is 2. The van der Waals surface area contributed by atoms with Gasteiger partial charge in [0.2, 0.25) is 5.91 Å². The number of fused-ring (bicyclic) bond motifs is 1. The molecule has 4 rings (SSSR count). The van der Waals surface area contributed by atoms with Gasteiger partial charge in [0.05, 0.1) is 13.7 Å². The molecule has 6 nitrogen and oxygen atoms in total. The van der Waals surface area contributed by atoms with Crippen LogP contribution in [0.25, 0.3) is 0 Å². The molecule has 0 aliphatic carbocycles. The van der Waals surface area contributed by atoms with Crippen LogP contribution in [0.5, 0.6) is 5.75 Å². The SMILES string of the molecule is COc1ccc2c(c1)CCCN2C(=O)CNc1cc(C(=O)N2CC(C)CC(C)C2)ccc1C. The van der Waals surface area contributed by atoms with Gasteiger partial charge in [-0.25, -0.2) is 0 Å². The number of methoxy groups -OCH3 is 1. The molecule has 0 radical (unpaired) electrons. The number of likely N-dealkylation sites (tertiary alicyclic amines) is 1. The highest BCUT2D eigenvalue weighted by Crippen LogP contribution is 2.31. The van der Waals surface area contributed by atoms with Crippen LogP contribution in [-0.4, -0.2) is 50.0 Å². The minimum absolute atomic E-state index is 0.0240. The zero-order chi connectivity index (χ0) is 23.5. The zero-order valence-electron chi connectivity index (χ0n) is 20.2. The molecular weight excluding hydrogens is 414 g/mol. The molecule has 176 valence electrons. The number of aryl methyl sites for hydroxylation is 2. The Morgan fingerprint density at radius 1 is 1.09 bits per heavy atom. The fraction of sp³-hybridized carbons (Fsp3) is 0.481. The number of rotatable bonds is 5. The quantitative estimate of drug-likeness (QED) is 0.729. The van der Waals surface area contributed by atoms with Gasteiger partial charge in [-0.2, -0.15) is 0 Å². The summed E-state index contributed by atoms with van der Waals surface area (Å²) in [5.41, 5.74) is 4.63. The molecule has 2 unspecified atom stereocenters. The summed E-state index contributed by atoms with van der Waals surface area (Å²) in [5, 5.41) is 3.29. The van der Waals surface area contributed by atoms with E-state index in [0.29, 0.717) is 23.9 Å². The second-order valence-electron chi connectivity index (χ2n) is 9.68. The van der Waals surface area contributed by atoms with Gasteiger partial charge in [0.25, 0.3) is 5.91 Å². The molecule has 6 heteroatoms. The van der Waals surface area contributed by atoms with E-state index in [2.05, 4.69) is 19.2 Å². The van der Waals surface area contributed by atoms with Gasteiger partial charge in [-0.05, 0) is 79.5 Å². The minimum atomic E-state index is 0.0240. The summed E-state index contributed by atoms with van der Waals surface area (Å²) in [6.07, 6.45) is 3.04. The molecule has 2 aliphatic rings. The van der Waals surface area contributed by atoms with Crippen LogP contribution in [0.4, 0.5) is 11.4 Å². The topological polar surface area (TPSA) is 61.9 Å². The molecule has 2 aliphatic heterocycles. The molecule has 2 amide bonds. The molecule has 0 spiro atoms. The zero-order valence-corrected chi connectivity index (χ0v) is 20.2. The van der Waals surface area contributed by atoms with Crippen molar-refractivity contribution in [3.05, 3.63) is 53.1 Å². The third kappa shape index (κ3) is 5.15. The van der Waals surface area contributed by atoms with E-state index in [0.717, 1.165) is 54.2 Å². The van der Waals surface area contributed by atoms with Crippen LogP contribution in [0.1, 0.15) is 48.2 Å². The van der Waals surface area contributed by atoms with E-state index in [-0.39, 0.29) is 18.4 Å². The number of carbonyl (C=O) groups is 2. The van der Waals surface area contributed by atoms with Gasteiger partial charge < -0.3 is 19.9 Å². The van der Waals surface area contributed by atoms with Crippen molar-refractivity contribution in [1.29, 1.82) is 0 Å². The Labute approximate surface area is 196 Å². The molecule has 0 bridgehead atoms. The van der Waals surface area contributed by atoms with Crippen molar-refractivity contribution in [1.82, 2.24) is 4.90 Å². The first kappa shape index (κ1) is 23.1. The molecule has 33 heavy (non-hydrogen) atoms. The Hall–Kier alpha value is -3.02. The van der Waals surface area contributed by atoms with Crippen LogP contribution in [0.15, 0.2) is 36.4 Å². The van der Waals surface area contributed by atoms with Crippen LogP contribution in [0.3, 0.4) is 0 Å². The standard InChI is InChI=1S/C27H35N3O3/c1-18-12-19(2)17-29(16-18)27(32)22-8-7-20(3)24(14-22)28-15-26(31)30-11-5-6-21-13-23(33-4)9-10-25(21)30/h7-10,13-14,18-19,28H,5-6,11-12,15-17H2,1-4H3. The fourth-order valence-electron chi connectivity index (χ4n) is 5.18. The summed E-state index contributed by atoms with van der Waals surface area (Å²) in [5.74, 6) is 1.95. The van der Waals surface area contributed by atoms with E-state index in [9.17, 15) is 9.59 Å². The second-order valence-corrected chi connectivity index (χ2v) is 9.68. The van der Waals surface area contributed by atoms with Crippen LogP contribution in [0, 0.1) is 18.8 Å². The maximum atomic E-state index is 13.1. The van der Waals surface area contributed by atoms with E-state index in [1.165, 1.54) is 6.42 Å².